The number of nitrogens with zero attached hydrogens (tertiary/aromatic N) is 1. The van der Waals surface area contributed by atoms with Crippen molar-refractivity contribution >= 4 is 11.7 Å². The van der Waals surface area contributed by atoms with Crippen molar-refractivity contribution in [3.63, 3.8) is 0 Å². The highest BCUT2D eigenvalue weighted by molar-refractivity contribution is 6.23. The molecule has 0 atom stereocenters. The Morgan fingerprint density at radius 3 is 2.13 bits per heavy atom. The van der Waals surface area contributed by atoms with Gasteiger partial charge in [-0.1, -0.05) is 36.4 Å². The van der Waals surface area contributed by atoms with E-state index in [1.54, 1.807) is 23.1 Å². The van der Waals surface area contributed by atoms with Crippen LogP contribution < -0.4 is 4.74 Å². The second-order valence-electron chi connectivity index (χ2n) is 5.38. The summed E-state index contributed by atoms with van der Waals surface area (Å²) in [5, 5.41) is 16.3. The van der Waals surface area contributed by atoms with Crippen LogP contribution in [-0.2, 0) is 0 Å². The first-order valence-electron chi connectivity index (χ1n) is 7.60. The third kappa shape index (κ3) is 3.08. The number of nitrogens with one attached hydrogen (secondary N) is 2. The lowest BCUT2D eigenvalue weighted by Crippen LogP contribution is -2.31. The van der Waals surface area contributed by atoms with Gasteiger partial charge in [-0.3, -0.25) is 10.8 Å². The van der Waals surface area contributed by atoms with Gasteiger partial charge in [-0.05, 0) is 25.0 Å². The van der Waals surface area contributed by atoms with Crippen molar-refractivity contribution in [2.45, 2.75) is 12.8 Å². The summed E-state index contributed by atoms with van der Waals surface area (Å²) in [5.41, 5.74) is 1.61. The number of rotatable bonds is 6. The summed E-state index contributed by atoms with van der Waals surface area (Å²) >= 11 is 0. The highest BCUT2D eigenvalue weighted by Crippen LogP contribution is 2.22. The quantitative estimate of drug-likeness (QED) is 0.800. The SMILES string of the molecule is N=C1c2ccccc2C(=N)N1CCCCOc1ccccc1F. The molecule has 1 aliphatic heterocycles. The van der Waals surface area contributed by atoms with Gasteiger partial charge in [0.15, 0.2) is 11.6 Å². The van der Waals surface area contributed by atoms with Crippen molar-refractivity contribution in [1.82, 2.24) is 4.90 Å². The van der Waals surface area contributed by atoms with Crippen molar-refractivity contribution < 1.29 is 9.13 Å². The van der Waals surface area contributed by atoms with Crippen molar-refractivity contribution in [3.05, 3.63) is 65.5 Å². The van der Waals surface area contributed by atoms with Crippen LogP contribution in [0.5, 0.6) is 5.75 Å². The molecule has 2 aromatic rings. The third-order valence-corrected chi connectivity index (χ3v) is 3.85. The lowest BCUT2D eigenvalue weighted by Gasteiger charge is -2.18. The van der Waals surface area contributed by atoms with Crippen molar-refractivity contribution in [3.8, 4) is 5.75 Å². The standard InChI is InChI=1S/C18H18FN3O/c19-15-9-3-4-10-16(15)23-12-6-5-11-22-17(20)13-7-1-2-8-14(13)18(22)21/h1-4,7-10,20-21H,5-6,11-12H2. The Morgan fingerprint density at radius 1 is 0.870 bits per heavy atom. The summed E-state index contributed by atoms with van der Waals surface area (Å²) in [6, 6.07) is 13.9. The van der Waals surface area contributed by atoms with Crippen LogP contribution in [0.2, 0.25) is 0 Å². The van der Waals surface area contributed by atoms with Crippen LogP contribution >= 0.6 is 0 Å². The summed E-state index contributed by atoms with van der Waals surface area (Å²) in [5.74, 6) is 0.661. The molecule has 0 radical (unpaired) electrons. The number of amidine groups is 2. The molecule has 0 unspecified atom stereocenters. The van der Waals surface area contributed by atoms with E-state index in [0.717, 1.165) is 24.0 Å². The smallest absolute Gasteiger partial charge is 0.165 e. The van der Waals surface area contributed by atoms with Gasteiger partial charge >= 0.3 is 0 Å². The molecule has 3 rings (SSSR count). The maximum atomic E-state index is 13.4. The van der Waals surface area contributed by atoms with Gasteiger partial charge in [-0.2, -0.15) is 0 Å². The Kier molecular flexibility index (Phi) is 4.37. The van der Waals surface area contributed by atoms with E-state index >= 15 is 0 Å². The van der Waals surface area contributed by atoms with Crippen LogP contribution in [0.3, 0.4) is 0 Å². The zero-order valence-corrected chi connectivity index (χ0v) is 12.7. The van der Waals surface area contributed by atoms with Gasteiger partial charge in [0.2, 0.25) is 0 Å². The predicted molar refractivity (Wildman–Crippen MR) is 87.9 cm³/mol. The normalized spacial score (nSPS) is 13.3. The molecule has 0 fully saturated rings. The van der Waals surface area contributed by atoms with E-state index in [4.69, 9.17) is 15.6 Å². The number of fused-ring (bicyclic) bond motifs is 1. The Morgan fingerprint density at radius 2 is 1.48 bits per heavy atom. The second-order valence-corrected chi connectivity index (χ2v) is 5.38. The zero-order chi connectivity index (χ0) is 16.2. The highest BCUT2D eigenvalue weighted by atomic mass is 19.1. The van der Waals surface area contributed by atoms with E-state index in [-0.39, 0.29) is 11.6 Å². The fraction of sp³-hybridized carbons (Fsp3) is 0.222. The molecule has 1 aliphatic rings. The number of hydrogen-bond acceptors (Lipinski definition) is 3. The molecule has 1 heterocycles. The molecule has 2 aromatic carbocycles. The lowest BCUT2D eigenvalue weighted by molar-refractivity contribution is 0.289. The third-order valence-electron chi connectivity index (χ3n) is 3.85. The van der Waals surface area contributed by atoms with Gasteiger partial charge in [-0.25, -0.2) is 4.39 Å². The summed E-state index contributed by atoms with van der Waals surface area (Å²) < 4.78 is 18.8. The minimum absolute atomic E-state index is 0.265. The molecule has 0 amide bonds. The van der Waals surface area contributed by atoms with E-state index in [2.05, 4.69) is 0 Å². The van der Waals surface area contributed by atoms with Crippen LogP contribution in [0.4, 0.5) is 4.39 Å². The predicted octanol–water partition coefficient (Wildman–Crippen LogP) is 3.65. The average molecular weight is 311 g/mol. The van der Waals surface area contributed by atoms with Crippen LogP contribution in [0, 0.1) is 16.6 Å². The number of unbranched alkanes of at least 4 members (excludes halogenated alkanes) is 1. The molecule has 4 nitrogen and oxygen atoms in total. The second kappa shape index (κ2) is 6.60. The van der Waals surface area contributed by atoms with Gasteiger partial charge in [-0.15, -0.1) is 0 Å². The van der Waals surface area contributed by atoms with Crippen LogP contribution in [0.15, 0.2) is 48.5 Å². The molecule has 0 saturated heterocycles. The number of ether oxygens (including phenoxy) is 1. The molecule has 23 heavy (non-hydrogen) atoms. The van der Waals surface area contributed by atoms with Gasteiger partial charge < -0.3 is 9.64 Å². The molecule has 2 N–H and O–H groups in total. The Balaban J connectivity index is 1.48. The highest BCUT2D eigenvalue weighted by Gasteiger charge is 2.28. The minimum atomic E-state index is -0.356. The minimum Gasteiger partial charge on any atom is -0.491 e. The van der Waals surface area contributed by atoms with Gasteiger partial charge in [0.05, 0.1) is 6.61 Å². The van der Waals surface area contributed by atoms with E-state index in [0.29, 0.717) is 24.8 Å². The summed E-state index contributed by atoms with van der Waals surface area (Å²) in [4.78, 5) is 1.70. The lowest BCUT2D eigenvalue weighted by atomic mass is 10.1. The van der Waals surface area contributed by atoms with E-state index < -0.39 is 0 Å². The molecular weight excluding hydrogens is 293 g/mol. The number of benzene rings is 2. The first kappa shape index (κ1) is 15.2. The van der Waals surface area contributed by atoms with Crippen molar-refractivity contribution in [2.75, 3.05) is 13.2 Å². The Bertz CT molecular complexity index is 710. The van der Waals surface area contributed by atoms with E-state index in [1.807, 2.05) is 24.3 Å². The maximum absolute atomic E-state index is 13.4. The van der Waals surface area contributed by atoms with Crippen molar-refractivity contribution in [1.29, 1.82) is 10.8 Å². The first-order chi connectivity index (χ1) is 11.2. The summed E-state index contributed by atoms with van der Waals surface area (Å²) in [6.07, 6.45) is 1.51. The first-order valence-corrected chi connectivity index (χ1v) is 7.60. The molecule has 0 saturated carbocycles. The average Bonchev–Trinajstić information content (AvgIpc) is 2.81. The van der Waals surface area contributed by atoms with Crippen LogP contribution in [-0.4, -0.2) is 29.7 Å². The molecule has 0 bridgehead atoms. The van der Waals surface area contributed by atoms with E-state index in [9.17, 15) is 4.39 Å². The molecule has 0 aromatic heterocycles. The maximum Gasteiger partial charge on any atom is 0.165 e. The van der Waals surface area contributed by atoms with Gasteiger partial charge in [0.1, 0.15) is 11.7 Å². The monoisotopic (exact) mass is 311 g/mol. The largest absolute Gasteiger partial charge is 0.491 e. The topological polar surface area (TPSA) is 60.2 Å². The fourth-order valence-corrected chi connectivity index (χ4v) is 2.64. The Hall–Kier alpha value is -2.69. The molecule has 0 spiro atoms. The van der Waals surface area contributed by atoms with E-state index in [1.165, 1.54) is 6.07 Å². The van der Waals surface area contributed by atoms with Crippen LogP contribution in [0.1, 0.15) is 24.0 Å². The van der Waals surface area contributed by atoms with Crippen molar-refractivity contribution in [2.24, 2.45) is 0 Å². The molecule has 0 aliphatic carbocycles. The number of halogens is 1. The zero-order valence-electron chi connectivity index (χ0n) is 12.7. The number of para-hydroxylation sites is 1. The molecule has 5 heteroatoms. The Labute approximate surface area is 134 Å². The van der Waals surface area contributed by atoms with Gasteiger partial charge in [0.25, 0.3) is 0 Å². The fourth-order valence-electron chi connectivity index (χ4n) is 2.64. The van der Waals surface area contributed by atoms with Crippen LogP contribution in [0.25, 0.3) is 0 Å². The number of hydrogen-bond donors (Lipinski definition) is 2. The summed E-state index contributed by atoms with van der Waals surface area (Å²) in [6.45, 7) is 1.01. The summed E-state index contributed by atoms with van der Waals surface area (Å²) in [7, 11) is 0. The van der Waals surface area contributed by atoms with Gasteiger partial charge in [0, 0.05) is 17.7 Å². The molecular formula is C18H18FN3O. The molecule has 118 valence electrons.